The van der Waals surface area contributed by atoms with Crippen molar-refractivity contribution in [3.05, 3.63) is 15.5 Å². The molecule has 0 unspecified atom stereocenters. The van der Waals surface area contributed by atoms with Crippen molar-refractivity contribution in [3.63, 3.8) is 0 Å². The predicted octanol–water partition coefficient (Wildman–Crippen LogP) is 0.837. The van der Waals surface area contributed by atoms with Crippen molar-refractivity contribution in [1.29, 1.82) is 0 Å². The lowest BCUT2D eigenvalue weighted by atomic mass is 10.4. The zero-order chi connectivity index (χ0) is 10.9. The molecule has 84 valence electrons. The fourth-order valence-corrected chi connectivity index (χ4v) is 3.70. The van der Waals surface area contributed by atoms with Gasteiger partial charge < -0.3 is 0 Å². The molecular weight excluding hydrogens is 258 g/mol. The zero-order valence-corrected chi connectivity index (χ0v) is 10.2. The lowest BCUT2D eigenvalue weighted by Gasteiger charge is -2.25. The van der Waals surface area contributed by atoms with Gasteiger partial charge in [0.05, 0.1) is 6.54 Å². The molecule has 2 rings (SSSR count). The highest BCUT2D eigenvalue weighted by molar-refractivity contribution is 7.87. The van der Waals surface area contributed by atoms with Gasteiger partial charge in [0.2, 0.25) is 0 Å². The van der Waals surface area contributed by atoms with Crippen molar-refractivity contribution in [2.45, 2.75) is 13.0 Å². The van der Waals surface area contributed by atoms with E-state index < -0.39 is 10.2 Å². The molecule has 0 atom stereocenters. The van der Waals surface area contributed by atoms with Crippen molar-refractivity contribution in [2.24, 2.45) is 0 Å². The van der Waals surface area contributed by atoms with Crippen LogP contribution < -0.4 is 4.72 Å². The fraction of sp³-hybridized carbons (Fsp3) is 0.571. The fourth-order valence-electron chi connectivity index (χ4n) is 1.36. The molecular formula is C7H10ClN3O2S2. The Balaban J connectivity index is 2.11. The average molecular weight is 268 g/mol. The average Bonchev–Trinajstić information content (AvgIpc) is 2.55. The zero-order valence-electron chi connectivity index (χ0n) is 7.81. The molecule has 1 aromatic rings. The third kappa shape index (κ3) is 2.67. The summed E-state index contributed by atoms with van der Waals surface area (Å²) in [5, 5.41) is 0. The van der Waals surface area contributed by atoms with Gasteiger partial charge >= 0.3 is 0 Å². The van der Waals surface area contributed by atoms with E-state index in [1.807, 2.05) is 0 Å². The first-order chi connectivity index (χ1) is 7.08. The molecule has 1 aliphatic rings. The molecule has 0 radical (unpaired) electrons. The predicted molar refractivity (Wildman–Crippen MR) is 59.1 cm³/mol. The maximum absolute atomic E-state index is 11.6. The maximum atomic E-state index is 11.6. The molecule has 1 fully saturated rings. The number of nitrogens with zero attached hydrogens (tertiary/aromatic N) is 2. The molecule has 2 heterocycles. The highest BCUT2D eigenvalue weighted by atomic mass is 35.5. The van der Waals surface area contributed by atoms with E-state index in [4.69, 9.17) is 11.6 Å². The standard InChI is InChI=1S/C7H10ClN3O2S2/c8-7-9-4-6(14-7)5-11-3-1-2-10-15(11,12)13/h4,10H,1-3,5H2. The lowest BCUT2D eigenvalue weighted by molar-refractivity contribution is 0.372. The van der Waals surface area contributed by atoms with Crippen molar-refractivity contribution in [3.8, 4) is 0 Å². The van der Waals surface area contributed by atoms with Gasteiger partial charge in [0.25, 0.3) is 10.2 Å². The number of rotatable bonds is 2. The van der Waals surface area contributed by atoms with Crippen LogP contribution in [-0.4, -0.2) is 30.8 Å². The van der Waals surface area contributed by atoms with E-state index in [0.717, 1.165) is 11.3 Å². The normalized spacial score (nSPS) is 21.7. The summed E-state index contributed by atoms with van der Waals surface area (Å²) in [6, 6.07) is 0. The van der Waals surface area contributed by atoms with Gasteiger partial charge in [-0.15, -0.1) is 11.3 Å². The van der Waals surface area contributed by atoms with Gasteiger partial charge in [-0.3, -0.25) is 0 Å². The molecule has 0 spiro atoms. The van der Waals surface area contributed by atoms with Gasteiger partial charge in [0.15, 0.2) is 4.47 Å². The number of halogens is 1. The second-order valence-electron chi connectivity index (χ2n) is 3.17. The Bertz CT molecular complexity index is 445. The number of hydrogen-bond donors (Lipinski definition) is 1. The molecule has 1 aliphatic heterocycles. The Morgan fingerprint density at radius 2 is 2.47 bits per heavy atom. The minimum atomic E-state index is -3.29. The second kappa shape index (κ2) is 4.34. The monoisotopic (exact) mass is 267 g/mol. The Morgan fingerprint density at radius 3 is 3.07 bits per heavy atom. The molecule has 0 saturated carbocycles. The molecule has 0 aromatic carbocycles. The largest absolute Gasteiger partial charge is 0.279 e. The summed E-state index contributed by atoms with van der Waals surface area (Å²) in [4.78, 5) is 4.73. The third-order valence-electron chi connectivity index (χ3n) is 2.07. The summed E-state index contributed by atoms with van der Waals surface area (Å²) in [7, 11) is -3.29. The van der Waals surface area contributed by atoms with Crippen LogP contribution in [0.25, 0.3) is 0 Å². The van der Waals surface area contributed by atoms with Crippen LogP contribution in [0.2, 0.25) is 4.47 Å². The van der Waals surface area contributed by atoms with Crippen LogP contribution >= 0.6 is 22.9 Å². The molecule has 8 heteroatoms. The van der Waals surface area contributed by atoms with E-state index in [1.54, 1.807) is 6.20 Å². The summed E-state index contributed by atoms with van der Waals surface area (Å²) in [6.07, 6.45) is 2.43. The summed E-state index contributed by atoms with van der Waals surface area (Å²) >= 11 is 6.98. The maximum Gasteiger partial charge on any atom is 0.279 e. The number of nitrogens with one attached hydrogen (secondary N) is 1. The van der Waals surface area contributed by atoms with Crippen LogP contribution in [-0.2, 0) is 16.8 Å². The lowest BCUT2D eigenvalue weighted by Crippen LogP contribution is -2.46. The first-order valence-electron chi connectivity index (χ1n) is 4.43. The van der Waals surface area contributed by atoms with Crippen LogP contribution in [0.5, 0.6) is 0 Å². The van der Waals surface area contributed by atoms with Crippen molar-refractivity contribution >= 4 is 33.1 Å². The SMILES string of the molecule is O=S1(=O)NCCCN1Cc1cnc(Cl)s1. The van der Waals surface area contributed by atoms with E-state index in [1.165, 1.54) is 15.6 Å². The van der Waals surface area contributed by atoms with E-state index in [0.29, 0.717) is 24.1 Å². The van der Waals surface area contributed by atoms with Crippen LogP contribution in [0.1, 0.15) is 11.3 Å². The van der Waals surface area contributed by atoms with Gasteiger partial charge in [-0.05, 0) is 6.42 Å². The summed E-state index contributed by atoms with van der Waals surface area (Å²) in [5.74, 6) is 0. The van der Waals surface area contributed by atoms with Gasteiger partial charge in [-0.2, -0.15) is 12.7 Å². The summed E-state index contributed by atoms with van der Waals surface area (Å²) < 4.78 is 27.4. The molecule has 0 bridgehead atoms. The molecule has 0 amide bonds. The summed E-state index contributed by atoms with van der Waals surface area (Å²) in [6.45, 7) is 1.41. The van der Waals surface area contributed by atoms with Crippen LogP contribution in [0.4, 0.5) is 0 Å². The third-order valence-corrected chi connectivity index (χ3v) is 4.73. The number of aromatic nitrogens is 1. The van der Waals surface area contributed by atoms with Gasteiger partial charge in [0.1, 0.15) is 0 Å². The van der Waals surface area contributed by atoms with Crippen molar-refractivity contribution < 1.29 is 8.42 Å². The molecule has 1 saturated heterocycles. The van der Waals surface area contributed by atoms with Crippen molar-refractivity contribution in [1.82, 2.24) is 14.0 Å². The van der Waals surface area contributed by atoms with E-state index in [2.05, 4.69) is 9.71 Å². The number of hydrogen-bond acceptors (Lipinski definition) is 4. The van der Waals surface area contributed by atoms with Crippen LogP contribution in [0.3, 0.4) is 0 Å². The highest BCUT2D eigenvalue weighted by Gasteiger charge is 2.25. The highest BCUT2D eigenvalue weighted by Crippen LogP contribution is 2.21. The quantitative estimate of drug-likeness (QED) is 0.864. The minimum Gasteiger partial charge on any atom is -0.233 e. The molecule has 15 heavy (non-hydrogen) atoms. The number of thiazole rings is 1. The van der Waals surface area contributed by atoms with Gasteiger partial charge in [-0.1, -0.05) is 11.6 Å². The smallest absolute Gasteiger partial charge is 0.233 e. The van der Waals surface area contributed by atoms with Gasteiger partial charge in [0, 0.05) is 24.2 Å². The van der Waals surface area contributed by atoms with Crippen LogP contribution in [0.15, 0.2) is 6.20 Å². The first-order valence-corrected chi connectivity index (χ1v) is 7.06. The van der Waals surface area contributed by atoms with E-state index in [9.17, 15) is 8.42 Å². The van der Waals surface area contributed by atoms with Crippen molar-refractivity contribution in [2.75, 3.05) is 13.1 Å². The summed E-state index contributed by atoms with van der Waals surface area (Å²) in [5.41, 5.74) is 0. The Labute approximate surface area is 97.3 Å². The molecule has 0 aliphatic carbocycles. The topological polar surface area (TPSA) is 62.3 Å². The minimum absolute atomic E-state index is 0.347. The van der Waals surface area contributed by atoms with E-state index in [-0.39, 0.29) is 0 Å². The Hall–Kier alpha value is -0.210. The molecule has 1 N–H and O–H groups in total. The first kappa shape index (κ1) is 11.3. The van der Waals surface area contributed by atoms with Gasteiger partial charge in [-0.25, -0.2) is 9.71 Å². The van der Waals surface area contributed by atoms with E-state index >= 15 is 0 Å². The second-order valence-corrected chi connectivity index (χ2v) is 6.62. The Morgan fingerprint density at radius 1 is 1.67 bits per heavy atom. The Kier molecular flexibility index (Phi) is 3.27. The molecule has 5 nitrogen and oxygen atoms in total. The molecule has 1 aromatic heterocycles. The van der Waals surface area contributed by atoms with Crippen LogP contribution in [0, 0.1) is 0 Å².